The van der Waals surface area contributed by atoms with E-state index in [9.17, 15) is 0 Å². The third kappa shape index (κ3) is 2.87. The van der Waals surface area contributed by atoms with Crippen LogP contribution >= 0.6 is 11.5 Å². The Balaban J connectivity index is 1.93. The summed E-state index contributed by atoms with van der Waals surface area (Å²) in [6.45, 7) is 2.10. The van der Waals surface area contributed by atoms with Crippen molar-refractivity contribution in [3.8, 4) is 11.1 Å². The van der Waals surface area contributed by atoms with Crippen LogP contribution in [0.1, 0.15) is 12.8 Å². The molecule has 3 heterocycles. The van der Waals surface area contributed by atoms with Gasteiger partial charge in [-0.3, -0.25) is 4.98 Å². The molecular weight excluding hydrogens is 282 g/mol. The summed E-state index contributed by atoms with van der Waals surface area (Å²) in [5, 5.41) is 1.17. The van der Waals surface area contributed by atoms with E-state index in [2.05, 4.69) is 33.3 Å². The topological polar surface area (TPSA) is 58.3 Å². The van der Waals surface area contributed by atoms with Crippen LogP contribution in [0.4, 0.5) is 10.8 Å². The summed E-state index contributed by atoms with van der Waals surface area (Å²) < 4.78 is 4.37. The van der Waals surface area contributed by atoms with Gasteiger partial charge >= 0.3 is 0 Å². The first-order chi connectivity index (χ1) is 10.2. The number of piperidine rings is 1. The molecule has 1 saturated heterocycles. The Hall–Kier alpha value is -1.66. The number of hydrogen-bond donors (Lipinski definition) is 1. The predicted molar refractivity (Wildman–Crippen MR) is 88.7 cm³/mol. The molecule has 1 aliphatic heterocycles. The Morgan fingerprint density at radius 1 is 1.43 bits per heavy atom. The number of nitrogens with two attached hydrogens (primary N) is 1. The minimum atomic E-state index is 0.587. The molecule has 2 aromatic rings. The second-order valence-corrected chi connectivity index (χ2v) is 6.45. The maximum Gasteiger partial charge on any atom is 0.147 e. The molecule has 6 heteroatoms. The minimum absolute atomic E-state index is 0.587. The molecule has 5 nitrogen and oxygen atoms in total. The van der Waals surface area contributed by atoms with Gasteiger partial charge in [0.05, 0.1) is 5.56 Å². The van der Waals surface area contributed by atoms with Crippen molar-refractivity contribution < 1.29 is 0 Å². The lowest BCUT2D eigenvalue weighted by molar-refractivity contribution is 0.258. The van der Waals surface area contributed by atoms with E-state index in [0.717, 1.165) is 24.2 Å². The van der Waals surface area contributed by atoms with Crippen LogP contribution in [-0.4, -0.2) is 47.5 Å². The molecule has 1 atom stereocenters. The first kappa shape index (κ1) is 14.3. The van der Waals surface area contributed by atoms with Crippen molar-refractivity contribution in [1.29, 1.82) is 0 Å². The molecule has 0 aliphatic carbocycles. The van der Waals surface area contributed by atoms with Gasteiger partial charge in [-0.2, -0.15) is 4.37 Å². The van der Waals surface area contributed by atoms with E-state index in [-0.39, 0.29) is 0 Å². The standard InChI is InChI=1S/C15H21N5S/c1-19(2)12-6-4-8-20(10-12)15-13(14(16)18-21-15)11-5-3-7-17-9-11/h3,5,7,9,12H,4,6,8,10H2,1-2H3,(H2,16,18). The summed E-state index contributed by atoms with van der Waals surface area (Å²) in [5.41, 5.74) is 8.19. The maximum atomic E-state index is 6.11. The van der Waals surface area contributed by atoms with E-state index in [1.165, 1.54) is 29.4 Å². The third-order valence-corrected chi connectivity index (χ3v) is 4.99. The van der Waals surface area contributed by atoms with Gasteiger partial charge in [0.25, 0.3) is 0 Å². The highest BCUT2D eigenvalue weighted by Gasteiger charge is 2.26. The van der Waals surface area contributed by atoms with Crippen molar-refractivity contribution in [2.45, 2.75) is 18.9 Å². The highest BCUT2D eigenvalue weighted by Crippen LogP contribution is 2.40. The van der Waals surface area contributed by atoms with Gasteiger partial charge in [-0.25, -0.2) is 0 Å². The van der Waals surface area contributed by atoms with Crippen LogP contribution in [-0.2, 0) is 0 Å². The molecule has 2 N–H and O–H groups in total. The van der Waals surface area contributed by atoms with Crippen LogP contribution in [0.5, 0.6) is 0 Å². The average Bonchev–Trinajstić information content (AvgIpc) is 2.90. The molecule has 0 amide bonds. The van der Waals surface area contributed by atoms with E-state index >= 15 is 0 Å². The van der Waals surface area contributed by atoms with Crippen molar-refractivity contribution in [3.63, 3.8) is 0 Å². The predicted octanol–water partition coefficient (Wildman–Crippen LogP) is 2.32. The minimum Gasteiger partial charge on any atom is -0.382 e. The smallest absolute Gasteiger partial charge is 0.147 e. The summed E-state index contributed by atoms with van der Waals surface area (Å²) >= 11 is 1.50. The largest absolute Gasteiger partial charge is 0.382 e. The molecule has 0 spiro atoms. The monoisotopic (exact) mass is 303 g/mol. The Kier molecular flexibility index (Phi) is 4.07. The lowest BCUT2D eigenvalue weighted by atomic mass is 10.0. The van der Waals surface area contributed by atoms with Crippen LogP contribution in [0.3, 0.4) is 0 Å². The molecule has 0 radical (unpaired) electrons. The number of nitrogen functional groups attached to an aromatic ring is 1. The number of nitrogens with zero attached hydrogens (tertiary/aromatic N) is 4. The fourth-order valence-electron chi connectivity index (χ4n) is 2.85. The van der Waals surface area contributed by atoms with E-state index in [1.54, 1.807) is 6.20 Å². The number of hydrogen-bond acceptors (Lipinski definition) is 6. The zero-order valence-corrected chi connectivity index (χ0v) is 13.3. The van der Waals surface area contributed by atoms with Gasteiger partial charge in [-0.1, -0.05) is 6.07 Å². The Bertz CT molecular complexity index is 595. The Morgan fingerprint density at radius 3 is 3.00 bits per heavy atom. The lowest BCUT2D eigenvalue weighted by Gasteiger charge is -2.37. The maximum absolute atomic E-state index is 6.11. The van der Waals surface area contributed by atoms with Crippen molar-refractivity contribution in [3.05, 3.63) is 24.5 Å². The number of aromatic nitrogens is 2. The van der Waals surface area contributed by atoms with Gasteiger partial charge in [-0.05, 0) is 44.5 Å². The molecule has 0 bridgehead atoms. The highest BCUT2D eigenvalue weighted by atomic mass is 32.1. The number of likely N-dealkylation sites (N-methyl/N-ethyl adjacent to an activating group) is 1. The zero-order valence-electron chi connectivity index (χ0n) is 12.5. The molecule has 3 rings (SSSR count). The van der Waals surface area contributed by atoms with Crippen LogP contribution in [0, 0.1) is 0 Å². The van der Waals surface area contributed by atoms with Crippen molar-refractivity contribution in [2.75, 3.05) is 37.8 Å². The molecule has 0 saturated carbocycles. The van der Waals surface area contributed by atoms with E-state index in [4.69, 9.17) is 5.73 Å². The molecule has 1 aliphatic rings. The van der Waals surface area contributed by atoms with Crippen LogP contribution in [0.2, 0.25) is 0 Å². The van der Waals surface area contributed by atoms with Crippen LogP contribution in [0.15, 0.2) is 24.5 Å². The SMILES string of the molecule is CN(C)C1CCCN(c2snc(N)c2-c2cccnc2)C1. The number of pyridine rings is 1. The van der Waals surface area contributed by atoms with Gasteiger partial charge in [0.1, 0.15) is 10.8 Å². The van der Waals surface area contributed by atoms with Crippen molar-refractivity contribution in [1.82, 2.24) is 14.3 Å². The third-order valence-electron chi connectivity index (χ3n) is 4.06. The van der Waals surface area contributed by atoms with Crippen molar-refractivity contribution >= 4 is 22.4 Å². The van der Waals surface area contributed by atoms with Crippen LogP contribution < -0.4 is 10.6 Å². The summed E-state index contributed by atoms with van der Waals surface area (Å²) in [4.78, 5) is 8.93. The second kappa shape index (κ2) is 5.99. The summed E-state index contributed by atoms with van der Waals surface area (Å²) in [7, 11) is 4.30. The van der Waals surface area contributed by atoms with Gasteiger partial charge in [-0.15, -0.1) is 0 Å². The van der Waals surface area contributed by atoms with Gasteiger partial charge in [0.15, 0.2) is 0 Å². The average molecular weight is 303 g/mol. The molecular formula is C15H21N5S. The first-order valence-corrected chi connectivity index (χ1v) is 8.01. The zero-order chi connectivity index (χ0) is 14.8. The van der Waals surface area contributed by atoms with E-state index in [0.29, 0.717) is 11.9 Å². The van der Waals surface area contributed by atoms with Gasteiger partial charge < -0.3 is 15.5 Å². The normalized spacial score (nSPS) is 19.2. The quantitative estimate of drug-likeness (QED) is 0.943. The van der Waals surface area contributed by atoms with Gasteiger partial charge in [0.2, 0.25) is 0 Å². The van der Waals surface area contributed by atoms with Crippen LogP contribution in [0.25, 0.3) is 11.1 Å². The molecule has 112 valence electrons. The summed E-state index contributed by atoms with van der Waals surface area (Å²) in [6, 6.07) is 4.57. The molecule has 21 heavy (non-hydrogen) atoms. The molecule has 1 fully saturated rings. The molecule has 0 aromatic carbocycles. The fourth-order valence-corrected chi connectivity index (χ4v) is 3.72. The Labute approximate surface area is 129 Å². The van der Waals surface area contributed by atoms with E-state index < -0.39 is 0 Å². The molecule has 2 aromatic heterocycles. The highest BCUT2D eigenvalue weighted by molar-refractivity contribution is 7.11. The van der Waals surface area contributed by atoms with Gasteiger partial charge in [0, 0.05) is 37.1 Å². The van der Waals surface area contributed by atoms with Crippen molar-refractivity contribution in [2.24, 2.45) is 0 Å². The summed E-state index contributed by atoms with van der Waals surface area (Å²) in [6.07, 6.45) is 6.09. The first-order valence-electron chi connectivity index (χ1n) is 7.23. The lowest BCUT2D eigenvalue weighted by Crippen LogP contribution is -2.45. The summed E-state index contributed by atoms with van der Waals surface area (Å²) in [5.74, 6) is 0.606. The fraction of sp³-hybridized carbons (Fsp3) is 0.467. The molecule has 1 unspecified atom stereocenters. The number of anilines is 2. The number of rotatable bonds is 3. The second-order valence-electron chi connectivity index (χ2n) is 5.70. The Morgan fingerprint density at radius 2 is 2.29 bits per heavy atom. The van der Waals surface area contributed by atoms with E-state index in [1.807, 2.05) is 18.3 Å².